The van der Waals surface area contributed by atoms with Crippen molar-refractivity contribution in [3.63, 3.8) is 0 Å². The number of benzene rings is 1. The Morgan fingerprint density at radius 2 is 1.46 bits per heavy atom. The summed E-state index contributed by atoms with van der Waals surface area (Å²) in [5.41, 5.74) is -1.17. The molecule has 1 heterocycles. The molecule has 24 heavy (non-hydrogen) atoms. The van der Waals surface area contributed by atoms with Crippen molar-refractivity contribution in [3.05, 3.63) is 52.3 Å². The predicted octanol–water partition coefficient (Wildman–Crippen LogP) is 4.06. The van der Waals surface area contributed by atoms with Crippen LogP contribution in [0.5, 0.6) is 0 Å². The number of aryl methyl sites for hydroxylation is 2. The van der Waals surface area contributed by atoms with E-state index in [0.717, 1.165) is 23.5 Å². The van der Waals surface area contributed by atoms with E-state index in [9.17, 15) is 26.3 Å². The smallest absolute Gasteiger partial charge is 0.307 e. The number of hydrogen-bond acceptors (Lipinski definition) is 2. The van der Waals surface area contributed by atoms with Crippen molar-refractivity contribution < 1.29 is 26.3 Å². The van der Waals surface area contributed by atoms with Crippen molar-refractivity contribution in [2.75, 3.05) is 0 Å². The summed E-state index contributed by atoms with van der Waals surface area (Å²) in [6.45, 7) is 1.93. The molecule has 0 aliphatic rings. The largest absolute Gasteiger partial charge is 0.416 e. The molecule has 0 fully saturated rings. The highest BCUT2D eigenvalue weighted by molar-refractivity contribution is 5.33. The standard InChI is InChI=1S/C15H15F6N3/c1-9-3-13(24(2)23-9)8-22-7-10-4-11(14(16,17)18)6-12(5-10)15(19,20)21/h3-6,22H,7-8H2,1-2H3. The number of hydrogen-bond donors (Lipinski definition) is 1. The van der Waals surface area contributed by atoms with Gasteiger partial charge in [0.15, 0.2) is 0 Å². The van der Waals surface area contributed by atoms with Crippen LogP contribution >= 0.6 is 0 Å². The van der Waals surface area contributed by atoms with Gasteiger partial charge in [-0.15, -0.1) is 0 Å². The lowest BCUT2D eigenvalue weighted by molar-refractivity contribution is -0.143. The summed E-state index contributed by atoms with van der Waals surface area (Å²) in [4.78, 5) is 0. The molecule has 9 heteroatoms. The highest BCUT2D eigenvalue weighted by atomic mass is 19.4. The fraction of sp³-hybridized carbons (Fsp3) is 0.400. The Kier molecular flexibility index (Phi) is 4.93. The summed E-state index contributed by atoms with van der Waals surface area (Å²) in [7, 11) is 1.70. The van der Waals surface area contributed by atoms with Gasteiger partial charge in [-0.05, 0) is 36.8 Å². The Balaban J connectivity index is 2.18. The summed E-state index contributed by atoms with van der Waals surface area (Å²) in [5.74, 6) is 0. The van der Waals surface area contributed by atoms with Crippen molar-refractivity contribution in [2.24, 2.45) is 7.05 Å². The van der Waals surface area contributed by atoms with Crippen molar-refractivity contribution in [1.29, 1.82) is 0 Å². The minimum Gasteiger partial charge on any atom is -0.307 e. The van der Waals surface area contributed by atoms with Crippen LogP contribution in [0.2, 0.25) is 0 Å². The lowest BCUT2D eigenvalue weighted by Crippen LogP contribution is -2.17. The van der Waals surface area contributed by atoms with Crippen LogP contribution in [0.4, 0.5) is 26.3 Å². The van der Waals surface area contributed by atoms with E-state index in [-0.39, 0.29) is 24.7 Å². The molecule has 0 unspecified atom stereocenters. The SMILES string of the molecule is Cc1cc(CNCc2cc(C(F)(F)F)cc(C(F)(F)F)c2)n(C)n1. The molecular weight excluding hydrogens is 336 g/mol. The minimum absolute atomic E-state index is 0.0870. The van der Waals surface area contributed by atoms with E-state index in [1.54, 1.807) is 24.7 Å². The molecule has 0 bridgehead atoms. The first-order valence-corrected chi connectivity index (χ1v) is 6.95. The molecule has 2 rings (SSSR count). The van der Waals surface area contributed by atoms with Gasteiger partial charge in [0.2, 0.25) is 0 Å². The summed E-state index contributed by atoms with van der Waals surface area (Å²) in [6, 6.07) is 3.34. The maximum Gasteiger partial charge on any atom is 0.416 e. The molecule has 0 atom stereocenters. The third kappa shape index (κ3) is 4.50. The molecule has 0 saturated heterocycles. The van der Waals surface area contributed by atoms with Crippen molar-refractivity contribution in [3.8, 4) is 0 Å². The molecule has 0 aliphatic carbocycles. The second-order valence-corrected chi connectivity index (χ2v) is 5.42. The fourth-order valence-corrected chi connectivity index (χ4v) is 2.29. The molecule has 132 valence electrons. The molecule has 0 spiro atoms. The Morgan fingerprint density at radius 3 is 1.88 bits per heavy atom. The third-order valence-electron chi connectivity index (χ3n) is 3.38. The van der Waals surface area contributed by atoms with Crippen LogP contribution in [-0.4, -0.2) is 9.78 Å². The van der Waals surface area contributed by atoms with Crippen LogP contribution in [0.1, 0.15) is 28.1 Å². The monoisotopic (exact) mass is 351 g/mol. The number of aromatic nitrogens is 2. The second-order valence-electron chi connectivity index (χ2n) is 5.42. The van der Waals surface area contributed by atoms with Gasteiger partial charge in [0.25, 0.3) is 0 Å². The Bertz CT molecular complexity index is 683. The van der Waals surface area contributed by atoms with Crippen LogP contribution in [0.15, 0.2) is 24.3 Å². The van der Waals surface area contributed by atoms with E-state index in [2.05, 4.69) is 10.4 Å². The average molecular weight is 351 g/mol. The van der Waals surface area contributed by atoms with Crippen molar-refractivity contribution in [1.82, 2.24) is 15.1 Å². The zero-order valence-corrected chi connectivity index (χ0v) is 12.9. The average Bonchev–Trinajstić information content (AvgIpc) is 2.75. The number of alkyl halides is 6. The normalized spacial score (nSPS) is 12.7. The van der Waals surface area contributed by atoms with E-state index in [1.165, 1.54) is 0 Å². The molecule has 1 N–H and O–H groups in total. The molecule has 0 saturated carbocycles. The molecule has 3 nitrogen and oxygen atoms in total. The van der Waals surface area contributed by atoms with Gasteiger partial charge in [-0.25, -0.2) is 0 Å². The van der Waals surface area contributed by atoms with E-state index >= 15 is 0 Å². The van der Waals surface area contributed by atoms with Gasteiger partial charge in [0, 0.05) is 20.1 Å². The van der Waals surface area contributed by atoms with Gasteiger partial charge in [0.05, 0.1) is 22.5 Å². The van der Waals surface area contributed by atoms with Gasteiger partial charge < -0.3 is 5.32 Å². The Hall–Kier alpha value is -2.03. The van der Waals surface area contributed by atoms with Gasteiger partial charge in [-0.1, -0.05) is 0 Å². The maximum absolute atomic E-state index is 12.8. The molecular formula is C15H15F6N3. The van der Waals surface area contributed by atoms with E-state index < -0.39 is 23.5 Å². The zero-order chi connectivity index (χ0) is 18.1. The topological polar surface area (TPSA) is 29.9 Å². The second kappa shape index (κ2) is 6.46. The van der Waals surface area contributed by atoms with Crippen molar-refractivity contribution >= 4 is 0 Å². The molecule has 1 aromatic heterocycles. The number of nitrogens with zero attached hydrogens (tertiary/aromatic N) is 2. The molecule has 2 aromatic rings. The molecule has 1 aromatic carbocycles. The van der Waals surface area contributed by atoms with Gasteiger partial charge in [-0.2, -0.15) is 31.4 Å². The van der Waals surface area contributed by atoms with Crippen LogP contribution in [0.25, 0.3) is 0 Å². The summed E-state index contributed by atoms with van der Waals surface area (Å²) >= 11 is 0. The number of halogens is 6. The first-order chi connectivity index (χ1) is 11.0. The highest BCUT2D eigenvalue weighted by Crippen LogP contribution is 2.36. The minimum atomic E-state index is -4.84. The highest BCUT2D eigenvalue weighted by Gasteiger charge is 2.36. The summed E-state index contributed by atoms with van der Waals surface area (Å²) in [6.07, 6.45) is -9.68. The number of rotatable bonds is 4. The van der Waals surface area contributed by atoms with Crippen LogP contribution < -0.4 is 5.32 Å². The van der Waals surface area contributed by atoms with Gasteiger partial charge in [0.1, 0.15) is 0 Å². The third-order valence-corrected chi connectivity index (χ3v) is 3.38. The lowest BCUT2D eigenvalue weighted by Gasteiger charge is -2.14. The number of nitrogens with one attached hydrogen (secondary N) is 1. The predicted molar refractivity (Wildman–Crippen MR) is 74.9 cm³/mol. The fourth-order valence-electron chi connectivity index (χ4n) is 2.29. The van der Waals surface area contributed by atoms with Crippen LogP contribution in [0.3, 0.4) is 0 Å². The van der Waals surface area contributed by atoms with Crippen LogP contribution in [-0.2, 0) is 32.5 Å². The molecule has 0 amide bonds. The first-order valence-electron chi connectivity index (χ1n) is 6.95. The van der Waals surface area contributed by atoms with Crippen molar-refractivity contribution in [2.45, 2.75) is 32.4 Å². The summed E-state index contributed by atoms with van der Waals surface area (Å²) in [5, 5.41) is 6.94. The molecule has 0 aliphatic heterocycles. The quantitative estimate of drug-likeness (QED) is 0.842. The van der Waals surface area contributed by atoms with E-state index in [1.807, 2.05) is 0 Å². The summed E-state index contributed by atoms with van der Waals surface area (Å²) < 4.78 is 78.3. The maximum atomic E-state index is 12.8. The Labute approximate surface area is 134 Å². The first kappa shape index (κ1) is 18.3. The molecule has 0 radical (unpaired) electrons. The van der Waals surface area contributed by atoms with Gasteiger partial charge in [-0.3, -0.25) is 4.68 Å². The van der Waals surface area contributed by atoms with E-state index in [4.69, 9.17) is 0 Å². The zero-order valence-electron chi connectivity index (χ0n) is 12.9. The van der Waals surface area contributed by atoms with E-state index in [0.29, 0.717) is 0 Å². The van der Waals surface area contributed by atoms with Gasteiger partial charge >= 0.3 is 12.4 Å². The van der Waals surface area contributed by atoms with Crippen LogP contribution in [0, 0.1) is 6.92 Å². The Morgan fingerprint density at radius 1 is 0.917 bits per heavy atom. The lowest BCUT2D eigenvalue weighted by atomic mass is 10.0.